The van der Waals surface area contributed by atoms with Crippen LogP contribution in [0, 0.1) is 23.0 Å². The average molecular weight is 330 g/mol. The third-order valence-corrected chi connectivity index (χ3v) is 3.35. The lowest BCUT2D eigenvalue weighted by Gasteiger charge is -2.15. The summed E-state index contributed by atoms with van der Waals surface area (Å²) < 4.78 is 26.1. The molecule has 2 aromatic carbocycles. The van der Waals surface area contributed by atoms with E-state index in [0.29, 0.717) is 17.2 Å². The number of carboxylic acids is 1. The predicted molar refractivity (Wildman–Crippen MR) is 80.1 cm³/mol. The minimum atomic E-state index is -1.32. The number of benzene rings is 2. The maximum Gasteiger partial charge on any atom is 0.326 e. The molecular formula is C17H12F2N2O3. The molecule has 0 spiro atoms. The Hall–Kier alpha value is -3.27. The van der Waals surface area contributed by atoms with Crippen LogP contribution in [-0.4, -0.2) is 23.0 Å². The van der Waals surface area contributed by atoms with Crippen LogP contribution in [0.3, 0.4) is 0 Å². The van der Waals surface area contributed by atoms with Crippen molar-refractivity contribution in [3.05, 3.63) is 70.8 Å². The number of amides is 1. The van der Waals surface area contributed by atoms with Gasteiger partial charge in [0.1, 0.15) is 6.04 Å². The Bertz CT molecular complexity index is 831. The zero-order valence-corrected chi connectivity index (χ0v) is 12.3. The van der Waals surface area contributed by atoms with Gasteiger partial charge in [0.15, 0.2) is 11.6 Å². The van der Waals surface area contributed by atoms with Crippen LogP contribution in [0.25, 0.3) is 0 Å². The average Bonchev–Trinajstić information content (AvgIpc) is 2.56. The van der Waals surface area contributed by atoms with Crippen LogP contribution >= 0.6 is 0 Å². The van der Waals surface area contributed by atoms with Crippen molar-refractivity contribution < 1.29 is 23.5 Å². The molecule has 0 aliphatic carbocycles. The monoisotopic (exact) mass is 330 g/mol. The molecular weight excluding hydrogens is 318 g/mol. The van der Waals surface area contributed by atoms with Gasteiger partial charge in [0.2, 0.25) is 0 Å². The van der Waals surface area contributed by atoms with Gasteiger partial charge in [-0.25, -0.2) is 13.6 Å². The van der Waals surface area contributed by atoms with Gasteiger partial charge in [-0.15, -0.1) is 0 Å². The minimum absolute atomic E-state index is 0.117. The summed E-state index contributed by atoms with van der Waals surface area (Å²) in [6.07, 6.45) is -0.117. The Kier molecular flexibility index (Phi) is 5.22. The van der Waals surface area contributed by atoms with E-state index in [-0.39, 0.29) is 12.0 Å². The molecule has 0 aromatic heterocycles. The highest BCUT2D eigenvalue weighted by molar-refractivity contribution is 5.96. The molecule has 2 rings (SSSR count). The van der Waals surface area contributed by atoms with E-state index in [4.69, 9.17) is 5.26 Å². The van der Waals surface area contributed by atoms with Crippen molar-refractivity contribution in [2.24, 2.45) is 0 Å². The molecule has 0 fully saturated rings. The number of carboxylic acid groups (broad SMARTS) is 1. The van der Waals surface area contributed by atoms with Crippen LogP contribution in [0.5, 0.6) is 0 Å². The standard InChI is InChI=1S/C17H12F2N2O3/c18-13-6-5-11(7-14(13)19)16(22)21-15(17(23)24)8-10-3-1-2-4-12(10)9-20/h1-7,15H,8H2,(H,21,22)(H,23,24)/t15-/m0/s1. The Balaban J connectivity index is 2.19. The summed E-state index contributed by atoms with van der Waals surface area (Å²) in [5.74, 6) is -4.47. The number of nitrogens with one attached hydrogen (secondary N) is 1. The van der Waals surface area contributed by atoms with Gasteiger partial charge in [0.25, 0.3) is 5.91 Å². The molecule has 0 bridgehead atoms. The fourth-order valence-electron chi connectivity index (χ4n) is 2.11. The molecule has 2 aromatic rings. The maximum absolute atomic E-state index is 13.2. The normalized spacial score (nSPS) is 11.4. The maximum atomic E-state index is 13.2. The SMILES string of the molecule is N#Cc1ccccc1C[C@H](NC(=O)c1ccc(F)c(F)c1)C(=O)O. The second-order valence-corrected chi connectivity index (χ2v) is 4.97. The Morgan fingerprint density at radius 1 is 1.17 bits per heavy atom. The third-order valence-electron chi connectivity index (χ3n) is 3.35. The molecule has 122 valence electrons. The first-order valence-corrected chi connectivity index (χ1v) is 6.89. The van der Waals surface area contributed by atoms with E-state index in [9.17, 15) is 23.5 Å². The summed E-state index contributed by atoms with van der Waals surface area (Å²) in [4.78, 5) is 23.4. The number of hydrogen-bond donors (Lipinski definition) is 2. The van der Waals surface area contributed by atoms with Crippen LogP contribution in [0.2, 0.25) is 0 Å². The van der Waals surface area contributed by atoms with Gasteiger partial charge in [-0.2, -0.15) is 5.26 Å². The van der Waals surface area contributed by atoms with Crippen molar-refractivity contribution in [3.63, 3.8) is 0 Å². The summed E-state index contributed by atoms with van der Waals surface area (Å²) in [5, 5.41) is 20.5. The molecule has 0 heterocycles. The van der Waals surface area contributed by atoms with E-state index in [1.54, 1.807) is 18.2 Å². The van der Waals surface area contributed by atoms with Gasteiger partial charge in [0.05, 0.1) is 11.6 Å². The lowest BCUT2D eigenvalue weighted by molar-refractivity contribution is -0.139. The van der Waals surface area contributed by atoms with Crippen molar-refractivity contribution in [2.45, 2.75) is 12.5 Å². The topological polar surface area (TPSA) is 90.2 Å². The number of carbonyl (C=O) groups is 2. The van der Waals surface area contributed by atoms with Crippen LogP contribution in [0.15, 0.2) is 42.5 Å². The first-order valence-electron chi connectivity index (χ1n) is 6.89. The molecule has 0 unspecified atom stereocenters. The van der Waals surface area contributed by atoms with Gasteiger partial charge < -0.3 is 10.4 Å². The quantitative estimate of drug-likeness (QED) is 0.880. The van der Waals surface area contributed by atoms with Crippen LogP contribution in [0.1, 0.15) is 21.5 Å². The van der Waals surface area contributed by atoms with Gasteiger partial charge in [-0.05, 0) is 29.8 Å². The number of nitrogens with zero attached hydrogens (tertiary/aromatic N) is 1. The number of rotatable bonds is 5. The largest absolute Gasteiger partial charge is 0.480 e. The van der Waals surface area contributed by atoms with Crippen LogP contribution < -0.4 is 5.32 Å². The molecule has 0 saturated heterocycles. The summed E-state index contributed by atoms with van der Waals surface area (Å²) in [6.45, 7) is 0. The zero-order valence-electron chi connectivity index (χ0n) is 12.3. The summed E-state index contributed by atoms with van der Waals surface area (Å²) >= 11 is 0. The minimum Gasteiger partial charge on any atom is -0.480 e. The molecule has 7 heteroatoms. The predicted octanol–water partition coefficient (Wildman–Crippen LogP) is 2.26. The van der Waals surface area contributed by atoms with Crippen molar-refractivity contribution in [1.82, 2.24) is 5.32 Å². The third kappa shape index (κ3) is 3.93. The van der Waals surface area contributed by atoms with Crippen LogP contribution in [-0.2, 0) is 11.2 Å². The molecule has 0 aliphatic rings. The molecule has 1 amide bonds. The van der Waals surface area contributed by atoms with Crippen molar-refractivity contribution in [3.8, 4) is 6.07 Å². The van der Waals surface area contributed by atoms with E-state index in [1.807, 2.05) is 6.07 Å². The molecule has 24 heavy (non-hydrogen) atoms. The number of hydrogen-bond acceptors (Lipinski definition) is 3. The molecule has 5 nitrogen and oxygen atoms in total. The first kappa shape index (κ1) is 17.1. The summed E-state index contributed by atoms with van der Waals surface area (Å²) in [6, 6.07) is 9.54. The fraction of sp³-hybridized carbons (Fsp3) is 0.118. The Morgan fingerprint density at radius 2 is 1.88 bits per heavy atom. The lowest BCUT2D eigenvalue weighted by atomic mass is 10.0. The molecule has 0 radical (unpaired) electrons. The smallest absolute Gasteiger partial charge is 0.326 e. The first-order chi connectivity index (χ1) is 11.4. The van der Waals surface area contributed by atoms with E-state index in [1.165, 1.54) is 6.07 Å². The fourth-order valence-corrected chi connectivity index (χ4v) is 2.11. The molecule has 0 aliphatic heterocycles. The van der Waals surface area contributed by atoms with Crippen molar-refractivity contribution >= 4 is 11.9 Å². The number of carbonyl (C=O) groups excluding carboxylic acids is 1. The second-order valence-electron chi connectivity index (χ2n) is 4.97. The Morgan fingerprint density at radius 3 is 2.50 bits per heavy atom. The molecule has 1 atom stereocenters. The van der Waals surface area contributed by atoms with E-state index in [0.717, 1.165) is 12.1 Å². The highest BCUT2D eigenvalue weighted by Gasteiger charge is 2.22. The van der Waals surface area contributed by atoms with E-state index < -0.39 is 29.6 Å². The zero-order chi connectivity index (χ0) is 17.7. The van der Waals surface area contributed by atoms with Gasteiger partial charge in [0, 0.05) is 12.0 Å². The summed E-state index contributed by atoms with van der Waals surface area (Å²) in [5.41, 5.74) is 0.553. The summed E-state index contributed by atoms with van der Waals surface area (Å²) in [7, 11) is 0. The van der Waals surface area contributed by atoms with E-state index in [2.05, 4.69) is 5.32 Å². The highest BCUT2D eigenvalue weighted by Crippen LogP contribution is 2.12. The van der Waals surface area contributed by atoms with Crippen LogP contribution in [0.4, 0.5) is 8.78 Å². The van der Waals surface area contributed by atoms with Crippen molar-refractivity contribution in [1.29, 1.82) is 5.26 Å². The second kappa shape index (κ2) is 7.33. The molecule has 2 N–H and O–H groups in total. The Labute approximate surface area is 136 Å². The number of nitriles is 1. The lowest BCUT2D eigenvalue weighted by Crippen LogP contribution is -2.42. The van der Waals surface area contributed by atoms with Gasteiger partial charge >= 0.3 is 5.97 Å². The molecule has 0 saturated carbocycles. The number of aliphatic carboxylic acids is 1. The van der Waals surface area contributed by atoms with Gasteiger partial charge in [-0.1, -0.05) is 18.2 Å². The van der Waals surface area contributed by atoms with Crippen molar-refractivity contribution in [2.75, 3.05) is 0 Å². The van der Waals surface area contributed by atoms with E-state index >= 15 is 0 Å². The number of halogens is 2. The highest BCUT2D eigenvalue weighted by atomic mass is 19.2. The van der Waals surface area contributed by atoms with Gasteiger partial charge in [-0.3, -0.25) is 4.79 Å².